The van der Waals surface area contributed by atoms with Crippen LogP contribution in [0.2, 0.25) is 0 Å². The molecule has 1 amide bonds. The molecule has 1 aromatic heterocycles. The second-order valence-corrected chi connectivity index (χ2v) is 6.26. The lowest BCUT2D eigenvalue weighted by Crippen LogP contribution is -2.10. The number of carbonyl (C=O) groups is 1. The number of rotatable bonds is 7. The minimum atomic E-state index is 0.0758. The predicted octanol–water partition coefficient (Wildman–Crippen LogP) is 4.58. The zero-order valence-electron chi connectivity index (χ0n) is 15.0. The summed E-state index contributed by atoms with van der Waals surface area (Å²) in [5.41, 5.74) is 4.38. The molecule has 0 spiro atoms. The van der Waals surface area contributed by atoms with E-state index in [1.54, 1.807) is 0 Å². The highest BCUT2D eigenvalue weighted by molar-refractivity contribution is 5.90. The van der Waals surface area contributed by atoms with E-state index in [2.05, 4.69) is 47.1 Å². The molecule has 0 aliphatic heterocycles. The van der Waals surface area contributed by atoms with Crippen molar-refractivity contribution in [1.82, 2.24) is 9.55 Å². The Morgan fingerprint density at radius 2 is 1.80 bits per heavy atom. The average molecular weight is 335 g/mol. The Balaban J connectivity index is 1.67. The number of hydrogen-bond acceptors (Lipinski definition) is 2. The number of aryl methyl sites for hydroxylation is 3. The normalized spacial score (nSPS) is 11.0. The van der Waals surface area contributed by atoms with E-state index in [-0.39, 0.29) is 5.91 Å². The summed E-state index contributed by atoms with van der Waals surface area (Å²) in [5.74, 6) is 1.20. The number of carbonyl (C=O) groups excluding carboxylic acids is 1. The summed E-state index contributed by atoms with van der Waals surface area (Å²) in [4.78, 5) is 16.4. The Kier molecular flexibility index (Phi) is 5.49. The van der Waals surface area contributed by atoms with Gasteiger partial charge in [-0.3, -0.25) is 4.79 Å². The van der Waals surface area contributed by atoms with Gasteiger partial charge in [-0.2, -0.15) is 0 Å². The second-order valence-electron chi connectivity index (χ2n) is 6.26. The third-order valence-corrected chi connectivity index (χ3v) is 4.40. The lowest BCUT2D eigenvalue weighted by atomic mass is 10.1. The number of fused-ring (bicyclic) bond motifs is 1. The van der Waals surface area contributed by atoms with Gasteiger partial charge in [0.1, 0.15) is 5.82 Å². The van der Waals surface area contributed by atoms with Crippen LogP contribution in [-0.4, -0.2) is 15.5 Å². The van der Waals surface area contributed by atoms with Crippen molar-refractivity contribution in [2.75, 3.05) is 5.32 Å². The van der Waals surface area contributed by atoms with E-state index in [9.17, 15) is 4.79 Å². The highest BCUT2D eigenvalue weighted by Gasteiger charge is 2.09. The molecule has 0 saturated heterocycles. The first kappa shape index (κ1) is 17.2. The standard InChI is InChI=1S/C21H25N3O/c1-3-7-21(25)22-17-13-10-16(11-14-17)12-15-20-23-18-8-5-6-9-19(18)24(20)4-2/h5-6,8-11,13-14H,3-4,7,12,15H2,1-2H3,(H,22,25). The van der Waals surface area contributed by atoms with Gasteiger partial charge < -0.3 is 9.88 Å². The van der Waals surface area contributed by atoms with Crippen molar-refractivity contribution in [2.45, 2.75) is 46.1 Å². The Morgan fingerprint density at radius 1 is 1.04 bits per heavy atom. The van der Waals surface area contributed by atoms with Gasteiger partial charge in [0.05, 0.1) is 11.0 Å². The summed E-state index contributed by atoms with van der Waals surface area (Å²) in [5, 5.41) is 2.92. The fourth-order valence-corrected chi connectivity index (χ4v) is 3.13. The maximum atomic E-state index is 11.6. The molecule has 130 valence electrons. The largest absolute Gasteiger partial charge is 0.328 e. The molecule has 4 heteroatoms. The fraction of sp³-hybridized carbons (Fsp3) is 0.333. The van der Waals surface area contributed by atoms with E-state index >= 15 is 0 Å². The van der Waals surface area contributed by atoms with Crippen molar-refractivity contribution in [1.29, 1.82) is 0 Å². The van der Waals surface area contributed by atoms with Gasteiger partial charge in [-0.25, -0.2) is 4.98 Å². The zero-order valence-corrected chi connectivity index (χ0v) is 15.0. The van der Waals surface area contributed by atoms with Crippen molar-refractivity contribution < 1.29 is 4.79 Å². The maximum Gasteiger partial charge on any atom is 0.224 e. The number of nitrogens with zero attached hydrogens (tertiary/aromatic N) is 2. The van der Waals surface area contributed by atoms with Crippen LogP contribution >= 0.6 is 0 Å². The molecule has 1 N–H and O–H groups in total. The molecule has 0 radical (unpaired) electrons. The van der Waals surface area contributed by atoms with Crippen LogP contribution in [0.4, 0.5) is 5.69 Å². The van der Waals surface area contributed by atoms with E-state index in [0.29, 0.717) is 6.42 Å². The summed E-state index contributed by atoms with van der Waals surface area (Å²) in [6, 6.07) is 16.4. The molecule has 0 unspecified atom stereocenters. The van der Waals surface area contributed by atoms with Crippen molar-refractivity contribution in [2.24, 2.45) is 0 Å². The molecule has 3 aromatic rings. The molecule has 0 fully saturated rings. The van der Waals surface area contributed by atoms with Crippen molar-refractivity contribution in [3.63, 3.8) is 0 Å². The summed E-state index contributed by atoms with van der Waals surface area (Å²) in [6.45, 7) is 5.09. The van der Waals surface area contributed by atoms with Crippen LogP contribution in [0.25, 0.3) is 11.0 Å². The SMILES string of the molecule is CCCC(=O)Nc1ccc(CCc2nc3ccccc3n2CC)cc1. The lowest BCUT2D eigenvalue weighted by Gasteiger charge is -2.08. The summed E-state index contributed by atoms with van der Waals surface area (Å²) in [6.07, 6.45) is 3.27. The van der Waals surface area contributed by atoms with Crippen molar-refractivity contribution in [3.8, 4) is 0 Å². The Morgan fingerprint density at radius 3 is 2.52 bits per heavy atom. The van der Waals surface area contributed by atoms with Gasteiger partial charge in [0.2, 0.25) is 5.91 Å². The third kappa shape index (κ3) is 4.08. The van der Waals surface area contributed by atoms with Crippen LogP contribution in [0.3, 0.4) is 0 Å². The molecule has 4 nitrogen and oxygen atoms in total. The molecule has 0 aliphatic carbocycles. The molecule has 3 rings (SSSR count). The topological polar surface area (TPSA) is 46.9 Å². The number of imidazole rings is 1. The molecular formula is C21H25N3O. The third-order valence-electron chi connectivity index (χ3n) is 4.40. The molecule has 1 heterocycles. The fourth-order valence-electron chi connectivity index (χ4n) is 3.13. The maximum absolute atomic E-state index is 11.6. The van der Waals surface area contributed by atoms with Crippen LogP contribution in [0.1, 0.15) is 38.1 Å². The van der Waals surface area contributed by atoms with Gasteiger partial charge in [-0.15, -0.1) is 0 Å². The van der Waals surface area contributed by atoms with Crippen LogP contribution in [0.5, 0.6) is 0 Å². The lowest BCUT2D eigenvalue weighted by molar-refractivity contribution is -0.116. The highest BCUT2D eigenvalue weighted by Crippen LogP contribution is 2.18. The number of anilines is 1. The Bertz CT molecular complexity index is 849. The highest BCUT2D eigenvalue weighted by atomic mass is 16.1. The molecule has 25 heavy (non-hydrogen) atoms. The first-order chi connectivity index (χ1) is 12.2. The van der Waals surface area contributed by atoms with Gasteiger partial charge >= 0.3 is 0 Å². The smallest absolute Gasteiger partial charge is 0.224 e. The number of nitrogens with one attached hydrogen (secondary N) is 1. The van der Waals surface area contributed by atoms with Gasteiger partial charge in [0, 0.05) is 25.1 Å². The predicted molar refractivity (Wildman–Crippen MR) is 103 cm³/mol. The quantitative estimate of drug-likeness (QED) is 0.687. The summed E-state index contributed by atoms with van der Waals surface area (Å²) < 4.78 is 2.29. The van der Waals surface area contributed by atoms with E-state index in [1.165, 1.54) is 11.1 Å². The summed E-state index contributed by atoms with van der Waals surface area (Å²) in [7, 11) is 0. The number of aromatic nitrogens is 2. The van der Waals surface area contributed by atoms with Gasteiger partial charge in [0.15, 0.2) is 0 Å². The minimum absolute atomic E-state index is 0.0758. The van der Waals surface area contributed by atoms with E-state index in [1.807, 2.05) is 25.1 Å². The number of benzene rings is 2. The van der Waals surface area contributed by atoms with Crippen LogP contribution in [0.15, 0.2) is 48.5 Å². The number of hydrogen-bond donors (Lipinski definition) is 1. The zero-order chi connectivity index (χ0) is 17.6. The Labute approximate surface area is 148 Å². The van der Waals surface area contributed by atoms with Crippen LogP contribution in [-0.2, 0) is 24.2 Å². The molecular weight excluding hydrogens is 310 g/mol. The van der Waals surface area contributed by atoms with Gasteiger partial charge in [-0.1, -0.05) is 31.2 Å². The monoisotopic (exact) mass is 335 g/mol. The molecule has 0 aliphatic rings. The number of para-hydroxylation sites is 2. The molecule has 0 atom stereocenters. The van der Waals surface area contributed by atoms with Crippen LogP contribution in [0, 0.1) is 0 Å². The first-order valence-electron chi connectivity index (χ1n) is 9.04. The van der Waals surface area contributed by atoms with Crippen molar-refractivity contribution in [3.05, 3.63) is 59.9 Å². The van der Waals surface area contributed by atoms with E-state index in [0.717, 1.165) is 42.8 Å². The molecule has 0 saturated carbocycles. The molecule has 2 aromatic carbocycles. The molecule has 0 bridgehead atoms. The van der Waals surface area contributed by atoms with Crippen LogP contribution < -0.4 is 5.32 Å². The number of amides is 1. The van der Waals surface area contributed by atoms with Gasteiger partial charge in [-0.05, 0) is 49.6 Å². The Hall–Kier alpha value is -2.62. The van der Waals surface area contributed by atoms with Crippen molar-refractivity contribution >= 4 is 22.6 Å². The van der Waals surface area contributed by atoms with Gasteiger partial charge in [0.25, 0.3) is 0 Å². The van der Waals surface area contributed by atoms with E-state index in [4.69, 9.17) is 4.98 Å². The first-order valence-corrected chi connectivity index (χ1v) is 9.04. The average Bonchev–Trinajstić information content (AvgIpc) is 2.99. The summed E-state index contributed by atoms with van der Waals surface area (Å²) >= 11 is 0. The van der Waals surface area contributed by atoms with E-state index < -0.39 is 0 Å². The second kappa shape index (κ2) is 7.97. The minimum Gasteiger partial charge on any atom is -0.328 e.